The first-order chi connectivity index (χ1) is 9.15. The third kappa shape index (κ3) is 4.06. The van der Waals surface area contributed by atoms with Crippen LogP contribution in [0.2, 0.25) is 0 Å². The first kappa shape index (κ1) is 13.5. The van der Waals surface area contributed by atoms with Gasteiger partial charge in [-0.25, -0.2) is 4.98 Å². The standard InChI is InChI=1S/C14H20N4O/c1-11(2)16-8-12-7-15-9-14(17-12)18(3)10-13-5-4-6-19-13/h4-7,9,11,16H,8,10H2,1-3H3. The summed E-state index contributed by atoms with van der Waals surface area (Å²) in [6.45, 7) is 5.64. The first-order valence-corrected chi connectivity index (χ1v) is 6.43. The van der Waals surface area contributed by atoms with Gasteiger partial charge in [-0.15, -0.1) is 0 Å². The van der Waals surface area contributed by atoms with Gasteiger partial charge in [-0.05, 0) is 12.1 Å². The minimum absolute atomic E-state index is 0.436. The number of nitrogens with one attached hydrogen (secondary N) is 1. The monoisotopic (exact) mass is 260 g/mol. The molecule has 0 bridgehead atoms. The Morgan fingerprint density at radius 3 is 2.89 bits per heavy atom. The Kier molecular flexibility index (Phi) is 4.52. The zero-order chi connectivity index (χ0) is 13.7. The maximum Gasteiger partial charge on any atom is 0.147 e. The van der Waals surface area contributed by atoms with Gasteiger partial charge in [-0.2, -0.15) is 0 Å². The molecular weight excluding hydrogens is 240 g/mol. The van der Waals surface area contributed by atoms with Crippen molar-refractivity contribution in [2.24, 2.45) is 0 Å². The fourth-order valence-electron chi connectivity index (χ4n) is 1.69. The number of furan rings is 1. The Morgan fingerprint density at radius 2 is 2.21 bits per heavy atom. The largest absolute Gasteiger partial charge is 0.467 e. The molecule has 0 spiro atoms. The smallest absolute Gasteiger partial charge is 0.147 e. The molecule has 102 valence electrons. The highest BCUT2D eigenvalue weighted by molar-refractivity contribution is 5.35. The van der Waals surface area contributed by atoms with E-state index in [2.05, 4.69) is 29.1 Å². The molecule has 19 heavy (non-hydrogen) atoms. The lowest BCUT2D eigenvalue weighted by atomic mass is 10.3. The maximum atomic E-state index is 5.33. The van der Waals surface area contributed by atoms with E-state index in [9.17, 15) is 0 Å². The van der Waals surface area contributed by atoms with Crippen molar-refractivity contribution in [1.29, 1.82) is 0 Å². The molecule has 0 saturated heterocycles. The highest BCUT2D eigenvalue weighted by atomic mass is 16.3. The van der Waals surface area contributed by atoms with E-state index in [-0.39, 0.29) is 0 Å². The van der Waals surface area contributed by atoms with Crippen molar-refractivity contribution in [1.82, 2.24) is 15.3 Å². The summed E-state index contributed by atoms with van der Waals surface area (Å²) in [7, 11) is 1.98. The predicted octanol–water partition coefficient (Wildman–Crippen LogP) is 2.20. The molecule has 0 unspecified atom stereocenters. The van der Waals surface area contributed by atoms with E-state index in [1.165, 1.54) is 0 Å². The maximum absolute atomic E-state index is 5.33. The molecular formula is C14H20N4O. The van der Waals surface area contributed by atoms with Crippen molar-refractivity contribution in [2.75, 3.05) is 11.9 Å². The second kappa shape index (κ2) is 6.33. The molecule has 1 N–H and O–H groups in total. The van der Waals surface area contributed by atoms with Crippen LogP contribution in [0.15, 0.2) is 35.2 Å². The molecule has 0 amide bonds. The van der Waals surface area contributed by atoms with Gasteiger partial charge in [0.2, 0.25) is 0 Å². The first-order valence-electron chi connectivity index (χ1n) is 6.43. The van der Waals surface area contributed by atoms with E-state index >= 15 is 0 Å². The van der Waals surface area contributed by atoms with Gasteiger partial charge in [0.1, 0.15) is 11.6 Å². The highest BCUT2D eigenvalue weighted by Gasteiger charge is 2.07. The van der Waals surface area contributed by atoms with E-state index in [0.29, 0.717) is 12.6 Å². The molecule has 0 atom stereocenters. The fraction of sp³-hybridized carbons (Fsp3) is 0.429. The summed E-state index contributed by atoms with van der Waals surface area (Å²) in [5.74, 6) is 1.76. The van der Waals surface area contributed by atoms with Crippen LogP contribution in [0.25, 0.3) is 0 Å². The molecule has 5 nitrogen and oxygen atoms in total. The minimum atomic E-state index is 0.436. The lowest BCUT2D eigenvalue weighted by molar-refractivity contribution is 0.506. The molecule has 0 aliphatic carbocycles. The van der Waals surface area contributed by atoms with Crippen molar-refractivity contribution < 1.29 is 4.42 Å². The minimum Gasteiger partial charge on any atom is -0.467 e. The summed E-state index contributed by atoms with van der Waals surface area (Å²) < 4.78 is 5.33. The summed E-state index contributed by atoms with van der Waals surface area (Å²) >= 11 is 0. The topological polar surface area (TPSA) is 54.2 Å². The van der Waals surface area contributed by atoms with Crippen molar-refractivity contribution in [3.63, 3.8) is 0 Å². The molecule has 0 aliphatic rings. The lowest BCUT2D eigenvalue weighted by Crippen LogP contribution is -2.23. The zero-order valence-corrected chi connectivity index (χ0v) is 11.6. The summed E-state index contributed by atoms with van der Waals surface area (Å²) in [5.41, 5.74) is 0.942. The van der Waals surface area contributed by atoms with Crippen LogP contribution in [0, 0.1) is 0 Å². The van der Waals surface area contributed by atoms with Crippen LogP contribution in [0.5, 0.6) is 0 Å². The SMILES string of the molecule is CC(C)NCc1cncc(N(C)Cc2ccco2)n1. The van der Waals surface area contributed by atoms with Crippen LogP contribution in [-0.4, -0.2) is 23.1 Å². The van der Waals surface area contributed by atoms with E-state index in [0.717, 1.165) is 23.8 Å². The van der Waals surface area contributed by atoms with Crippen molar-refractivity contribution in [2.45, 2.75) is 33.0 Å². The molecule has 0 fully saturated rings. The Hall–Kier alpha value is -1.88. The van der Waals surface area contributed by atoms with Gasteiger partial charge in [0.25, 0.3) is 0 Å². The average Bonchev–Trinajstić information content (AvgIpc) is 2.89. The second-order valence-electron chi connectivity index (χ2n) is 4.84. The molecule has 0 aliphatic heterocycles. The summed E-state index contributed by atoms with van der Waals surface area (Å²) in [4.78, 5) is 10.8. The average molecular weight is 260 g/mol. The van der Waals surface area contributed by atoms with Crippen molar-refractivity contribution in [3.8, 4) is 0 Å². The number of aromatic nitrogens is 2. The fourth-order valence-corrected chi connectivity index (χ4v) is 1.69. The zero-order valence-electron chi connectivity index (χ0n) is 11.6. The molecule has 0 radical (unpaired) electrons. The third-order valence-electron chi connectivity index (χ3n) is 2.73. The van der Waals surface area contributed by atoms with Crippen LogP contribution in [0.4, 0.5) is 5.82 Å². The molecule has 2 aromatic heterocycles. The third-order valence-corrected chi connectivity index (χ3v) is 2.73. The van der Waals surface area contributed by atoms with Gasteiger partial charge in [-0.1, -0.05) is 13.8 Å². The Morgan fingerprint density at radius 1 is 1.37 bits per heavy atom. The van der Waals surface area contributed by atoms with Crippen LogP contribution in [-0.2, 0) is 13.1 Å². The predicted molar refractivity (Wildman–Crippen MR) is 74.8 cm³/mol. The molecule has 2 heterocycles. The summed E-state index contributed by atoms with van der Waals surface area (Å²) in [6, 6.07) is 4.28. The number of anilines is 1. The quantitative estimate of drug-likeness (QED) is 0.863. The van der Waals surface area contributed by atoms with E-state index in [4.69, 9.17) is 4.42 Å². The number of nitrogens with zero attached hydrogens (tertiary/aromatic N) is 3. The Labute approximate surface area is 113 Å². The van der Waals surface area contributed by atoms with Gasteiger partial charge in [-0.3, -0.25) is 4.98 Å². The van der Waals surface area contributed by atoms with Crippen molar-refractivity contribution >= 4 is 5.82 Å². The van der Waals surface area contributed by atoms with E-state index < -0.39 is 0 Å². The molecule has 2 rings (SSSR count). The van der Waals surface area contributed by atoms with Crippen LogP contribution < -0.4 is 10.2 Å². The summed E-state index contributed by atoms with van der Waals surface area (Å²) in [5, 5.41) is 3.33. The summed E-state index contributed by atoms with van der Waals surface area (Å²) in [6.07, 6.45) is 5.24. The normalized spacial score (nSPS) is 10.9. The van der Waals surface area contributed by atoms with Gasteiger partial charge in [0.15, 0.2) is 0 Å². The van der Waals surface area contributed by atoms with Crippen molar-refractivity contribution in [3.05, 3.63) is 42.2 Å². The van der Waals surface area contributed by atoms with Gasteiger partial charge in [0.05, 0.1) is 24.7 Å². The van der Waals surface area contributed by atoms with Crippen LogP contribution >= 0.6 is 0 Å². The molecule has 0 aromatic carbocycles. The van der Waals surface area contributed by atoms with Gasteiger partial charge in [0, 0.05) is 25.8 Å². The van der Waals surface area contributed by atoms with E-state index in [1.807, 2.05) is 24.1 Å². The number of rotatable bonds is 6. The molecule has 2 aromatic rings. The van der Waals surface area contributed by atoms with Gasteiger partial charge < -0.3 is 14.6 Å². The molecule has 5 heteroatoms. The number of hydrogen-bond acceptors (Lipinski definition) is 5. The van der Waals surface area contributed by atoms with Gasteiger partial charge >= 0.3 is 0 Å². The lowest BCUT2D eigenvalue weighted by Gasteiger charge is -2.17. The second-order valence-corrected chi connectivity index (χ2v) is 4.84. The van der Waals surface area contributed by atoms with Crippen LogP contribution in [0.3, 0.4) is 0 Å². The highest BCUT2D eigenvalue weighted by Crippen LogP contribution is 2.12. The van der Waals surface area contributed by atoms with E-state index in [1.54, 1.807) is 18.7 Å². The Bertz CT molecular complexity index is 496. The number of hydrogen-bond donors (Lipinski definition) is 1. The van der Waals surface area contributed by atoms with Crippen LogP contribution in [0.1, 0.15) is 25.3 Å². The molecule has 0 saturated carbocycles. The Balaban J connectivity index is 2.01.